The molecule has 1 heterocycles. The van der Waals surface area contributed by atoms with Crippen LogP contribution in [0.2, 0.25) is 5.02 Å². The van der Waals surface area contributed by atoms with Gasteiger partial charge >= 0.3 is 0 Å². The van der Waals surface area contributed by atoms with Crippen molar-refractivity contribution >= 4 is 22.6 Å². The van der Waals surface area contributed by atoms with Crippen LogP contribution in [0.25, 0.3) is 11.0 Å². The molecular weight excluding hydrogens is 400 g/mol. The SMILES string of the molecule is Cc1cc(Cl)ccc1OCC(O)Cn1c(COc2ccccc2)nc2ccccc21. The third-order valence-electron chi connectivity index (χ3n) is 4.81. The second-order valence-electron chi connectivity index (χ2n) is 7.10. The maximum Gasteiger partial charge on any atom is 0.148 e. The van der Waals surface area contributed by atoms with Crippen molar-refractivity contribution in [3.05, 3.63) is 89.2 Å². The molecule has 5 nitrogen and oxygen atoms in total. The average Bonchev–Trinajstić information content (AvgIpc) is 3.10. The quantitative estimate of drug-likeness (QED) is 0.433. The van der Waals surface area contributed by atoms with E-state index in [4.69, 9.17) is 26.1 Å². The van der Waals surface area contributed by atoms with Gasteiger partial charge in [-0.05, 0) is 55.0 Å². The summed E-state index contributed by atoms with van der Waals surface area (Å²) in [5.41, 5.74) is 2.75. The summed E-state index contributed by atoms with van der Waals surface area (Å²) < 4.78 is 13.7. The van der Waals surface area contributed by atoms with Gasteiger partial charge in [0.1, 0.15) is 36.6 Å². The third-order valence-corrected chi connectivity index (χ3v) is 5.04. The Morgan fingerprint density at radius 1 is 1.00 bits per heavy atom. The van der Waals surface area contributed by atoms with Gasteiger partial charge in [-0.25, -0.2) is 4.98 Å². The number of benzene rings is 3. The molecule has 4 aromatic rings. The van der Waals surface area contributed by atoms with E-state index >= 15 is 0 Å². The van der Waals surface area contributed by atoms with Gasteiger partial charge in [-0.15, -0.1) is 0 Å². The van der Waals surface area contributed by atoms with Crippen LogP contribution < -0.4 is 9.47 Å². The van der Waals surface area contributed by atoms with Crippen molar-refractivity contribution < 1.29 is 14.6 Å². The molecule has 30 heavy (non-hydrogen) atoms. The van der Waals surface area contributed by atoms with Gasteiger partial charge in [-0.3, -0.25) is 0 Å². The Labute approximate surface area is 180 Å². The summed E-state index contributed by atoms with van der Waals surface area (Å²) in [4.78, 5) is 4.69. The van der Waals surface area contributed by atoms with E-state index in [-0.39, 0.29) is 6.61 Å². The van der Waals surface area contributed by atoms with Gasteiger partial charge in [0.2, 0.25) is 0 Å². The molecule has 1 atom stereocenters. The van der Waals surface area contributed by atoms with Crippen molar-refractivity contribution in [2.24, 2.45) is 0 Å². The standard InChI is InChI=1S/C24H23ClN2O3/c1-17-13-18(25)11-12-23(17)30-15-19(28)14-27-22-10-6-5-9-21(22)26-24(27)16-29-20-7-3-2-4-8-20/h2-13,19,28H,14-16H2,1H3. The molecule has 0 bridgehead atoms. The molecule has 4 rings (SSSR count). The molecule has 0 amide bonds. The number of nitrogens with zero attached hydrogens (tertiary/aromatic N) is 2. The molecule has 0 radical (unpaired) electrons. The minimum Gasteiger partial charge on any atom is -0.491 e. The lowest BCUT2D eigenvalue weighted by Crippen LogP contribution is -2.25. The fraction of sp³-hybridized carbons (Fsp3) is 0.208. The number of fused-ring (bicyclic) bond motifs is 1. The number of aliphatic hydroxyl groups is 1. The Morgan fingerprint density at radius 3 is 2.57 bits per heavy atom. The fourth-order valence-electron chi connectivity index (χ4n) is 3.33. The molecule has 3 aromatic carbocycles. The van der Waals surface area contributed by atoms with Gasteiger partial charge in [-0.1, -0.05) is 41.9 Å². The maximum atomic E-state index is 10.7. The summed E-state index contributed by atoms with van der Waals surface area (Å²) in [5.74, 6) is 2.24. The zero-order chi connectivity index (χ0) is 20.9. The number of para-hydroxylation sites is 3. The van der Waals surface area contributed by atoms with E-state index in [0.29, 0.717) is 23.9 Å². The van der Waals surface area contributed by atoms with Crippen molar-refractivity contribution in [3.63, 3.8) is 0 Å². The van der Waals surface area contributed by atoms with Crippen molar-refractivity contribution in [2.75, 3.05) is 6.61 Å². The lowest BCUT2D eigenvalue weighted by Gasteiger charge is -2.17. The Bertz CT molecular complexity index is 1130. The second-order valence-corrected chi connectivity index (χ2v) is 7.54. The van der Waals surface area contributed by atoms with Crippen molar-refractivity contribution in [3.8, 4) is 11.5 Å². The predicted molar refractivity (Wildman–Crippen MR) is 118 cm³/mol. The monoisotopic (exact) mass is 422 g/mol. The van der Waals surface area contributed by atoms with Crippen LogP contribution in [0.3, 0.4) is 0 Å². The van der Waals surface area contributed by atoms with Crippen LogP contribution in [-0.2, 0) is 13.2 Å². The summed E-state index contributed by atoms with van der Waals surface area (Å²) in [6, 6.07) is 22.9. The number of aromatic nitrogens is 2. The summed E-state index contributed by atoms with van der Waals surface area (Å²) in [7, 11) is 0. The first-order chi connectivity index (χ1) is 14.6. The summed E-state index contributed by atoms with van der Waals surface area (Å²) >= 11 is 5.99. The molecule has 1 N–H and O–H groups in total. The van der Waals surface area contributed by atoms with Crippen LogP contribution in [0.5, 0.6) is 11.5 Å². The Morgan fingerprint density at radius 2 is 1.77 bits per heavy atom. The van der Waals surface area contributed by atoms with Crippen LogP contribution in [0, 0.1) is 6.92 Å². The van der Waals surface area contributed by atoms with Gasteiger partial charge < -0.3 is 19.1 Å². The number of hydrogen-bond acceptors (Lipinski definition) is 4. The van der Waals surface area contributed by atoms with Crippen LogP contribution in [0.1, 0.15) is 11.4 Å². The number of ether oxygens (including phenoxy) is 2. The highest BCUT2D eigenvalue weighted by molar-refractivity contribution is 6.30. The van der Waals surface area contributed by atoms with Crippen LogP contribution in [0.15, 0.2) is 72.8 Å². The molecule has 1 aromatic heterocycles. The molecule has 0 saturated heterocycles. The van der Waals surface area contributed by atoms with E-state index < -0.39 is 6.10 Å². The molecule has 0 aliphatic carbocycles. The van der Waals surface area contributed by atoms with E-state index in [1.165, 1.54) is 0 Å². The molecular formula is C24H23ClN2O3. The minimum absolute atomic E-state index is 0.161. The van der Waals surface area contributed by atoms with Gasteiger partial charge in [0, 0.05) is 5.02 Å². The van der Waals surface area contributed by atoms with E-state index in [1.807, 2.05) is 78.2 Å². The zero-order valence-corrected chi connectivity index (χ0v) is 17.4. The third kappa shape index (κ3) is 4.75. The summed E-state index contributed by atoms with van der Waals surface area (Å²) in [6.07, 6.45) is -0.715. The second kappa shape index (κ2) is 9.20. The number of halogens is 1. The number of rotatable bonds is 8. The normalized spacial score (nSPS) is 12.1. The van der Waals surface area contributed by atoms with Gasteiger partial charge in [0.05, 0.1) is 17.6 Å². The first-order valence-corrected chi connectivity index (χ1v) is 10.2. The number of hydrogen-bond donors (Lipinski definition) is 1. The average molecular weight is 423 g/mol. The van der Waals surface area contributed by atoms with Crippen molar-refractivity contribution in [1.82, 2.24) is 9.55 Å². The number of aryl methyl sites for hydroxylation is 1. The topological polar surface area (TPSA) is 56.5 Å². The van der Waals surface area contributed by atoms with E-state index in [0.717, 1.165) is 28.2 Å². The highest BCUT2D eigenvalue weighted by Gasteiger charge is 2.16. The molecule has 0 spiro atoms. The van der Waals surface area contributed by atoms with Gasteiger partial charge in [0.25, 0.3) is 0 Å². The minimum atomic E-state index is -0.715. The Kier molecular flexibility index (Phi) is 6.21. The Balaban J connectivity index is 1.49. The maximum absolute atomic E-state index is 10.7. The summed E-state index contributed by atoms with van der Waals surface area (Å²) in [6.45, 7) is 2.74. The van der Waals surface area contributed by atoms with Crippen molar-refractivity contribution in [2.45, 2.75) is 26.2 Å². The number of imidazole rings is 1. The highest BCUT2D eigenvalue weighted by Crippen LogP contribution is 2.23. The molecule has 0 saturated carbocycles. The van der Waals surface area contributed by atoms with Crippen LogP contribution >= 0.6 is 11.6 Å². The van der Waals surface area contributed by atoms with Gasteiger partial charge in [-0.2, -0.15) is 0 Å². The molecule has 1 unspecified atom stereocenters. The van der Waals surface area contributed by atoms with Crippen molar-refractivity contribution in [1.29, 1.82) is 0 Å². The predicted octanol–water partition coefficient (Wildman–Crippen LogP) is 5.02. The zero-order valence-electron chi connectivity index (χ0n) is 16.7. The van der Waals surface area contributed by atoms with Crippen LogP contribution in [-0.4, -0.2) is 27.4 Å². The van der Waals surface area contributed by atoms with E-state index in [2.05, 4.69) is 0 Å². The lowest BCUT2D eigenvalue weighted by atomic mass is 10.2. The highest BCUT2D eigenvalue weighted by atomic mass is 35.5. The molecule has 6 heteroatoms. The molecule has 0 aliphatic heterocycles. The Hall–Kier alpha value is -3.02. The molecule has 0 aliphatic rings. The fourth-order valence-corrected chi connectivity index (χ4v) is 3.55. The largest absolute Gasteiger partial charge is 0.491 e. The smallest absolute Gasteiger partial charge is 0.148 e. The van der Waals surface area contributed by atoms with Crippen LogP contribution in [0.4, 0.5) is 0 Å². The first kappa shape index (κ1) is 20.3. The lowest BCUT2D eigenvalue weighted by molar-refractivity contribution is 0.0914. The molecule has 0 fully saturated rings. The van der Waals surface area contributed by atoms with Gasteiger partial charge in [0.15, 0.2) is 0 Å². The molecule has 154 valence electrons. The van der Waals surface area contributed by atoms with E-state index in [9.17, 15) is 5.11 Å². The van der Waals surface area contributed by atoms with E-state index in [1.54, 1.807) is 6.07 Å². The summed E-state index contributed by atoms with van der Waals surface area (Å²) in [5, 5.41) is 11.3. The number of aliphatic hydroxyl groups excluding tert-OH is 1. The first-order valence-electron chi connectivity index (χ1n) is 9.79.